The topological polar surface area (TPSA) is 135 Å². The van der Waals surface area contributed by atoms with Crippen LogP contribution in [0.15, 0.2) is 11.2 Å². The van der Waals surface area contributed by atoms with Crippen LogP contribution in [-0.2, 0) is 11.8 Å². The van der Waals surface area contributed by atoms with Crippen LogP contribution in [0.25, 0.3) is 0 Å². The van der Waals surface area contributed by atoms with E-state index >= 15 is 0 Å². The van der Waals surface area contributed by atoms with Crippen molar-refractivity contribution >= 4 is 29.7 Å². The Morgan fingerprint density at radius 1 is 1.63 bits per heavy atom. The number of rotatable bonds is 6. The monoisotopic (exact) mass is 268 g/mol. The number of amides is 2. The number of nitrogen functional groups attached to an aromatic ring is 1. The molecule has 0 radical (unpaired) electrons. The van der Waals surface area contributed by atoms with E-state index in [0.29, 0.717) is 24.6 Å². The number of carboxylic acid groups (broad SMARTS) is 1. The zero-order valence-electron chi connectivity index (χ0n) is 10.5. The van der Waals surface area contributed by atoms with Crippen molar-refractivity contribution in [3.63, 3.8) is 0 Å². The predicted molar refractivity (Wildman–Crippen MR) is 70.3 cm³/mol. The van der Waals surface area contributed by atoms with Crippen molar-refractivity contribution in [2.45, 2.75) is 6.42 Å². The summed E-state index contributed by atoms with van der Waals surface area (Å²) in [5.74, 6) is -0.587. The molecule has 9 nitrogen and oxygen atoms in total. The Balaban J connectivity index is 2.23. The van der Waals surface area contributed by atoms with Gasteiger partial charge < -0.3 is 21.5 Å². The van der Waals surface area contributed by atoms with Crippen LogP contribution >= 0.6 is 0 Å². The van der Waals surface area contributed by atoms with Crippen molar-refractivity contribution < 1.29 is 14.7 Å². The number of aryl methyl sites for hydroxylation is 1. The summed E-state index contributed by atoms with van der Waals surface area (Å²) in [6.45, 7) is 0.603. The number of aliphatic imine (C=N–C) groups is 1. The molecule has 0 aliphatic rings. The largest absolute Gasteiger partial charge is 0.481 e. The molecule has 0 unspecified atom stereocenters. The van der Waals surface area contributed by atoms with Gasteiger partial charge in [-0.15, -0.1) is 0 Å². The molecule has 0 aromatic carbocycles. The summed E-state index contributed by atoms with van der Waals surface area (Å²) in [5, 5.41) is 17.3. The lowest BCUT2D eigenvalue weighted by Gasteiger charge is -2.05. The normalized spacial score (nSPS) is 10.6. The van der Waals surface area contributed by atoms with Gasteiger partial charge >= 0.3 is 12.0 Å². The van der Waals surface area contributed by atoms with E-state index in [4.69, 9.17) is 10.8 Å². The highest BCUT2D eigenvalue weighted by Gasteiger charge is 2.07. The summed E-state index contributed by atoms with van der Waals surface area (Å²) in [6, 6.07) is -0.423. The summed E-state index contributed by atoms with van der Waals surface area (Å²) < 4.78 is 1.44. The van der Waals surface area contributed by atoms with E-state index in [2.05, 4.69) is 20.7 Å². The minimum Gasteiger partial charge on any atom is -0.481 e. The summed E-state index contributed by atoms with van der Waals surface area (Å²) in [5.41, 5.74) is 6.08. The number of aromatic nitrogens is 2. The van der Waals surface area contributed by atoms with Gasteiger partial charge in [0.15, 0.2) is 0 Å². The van der Waals surface area contributed by atoms with Gasteiger partial charge in [-0.05, 0) is 0 Å². The number of hydrogen-bond acceptors (Lipinski definition) is 5. The smallest absolute Gasteiger partial charge is 0.319 e. The Hall–Kier alpha value is -2.58. The number of hydrogen-bond donors (Lipinski definition) is 4. The van der Waals surface area contributed by atoms with Crippen LogP contribution in [0.2, 0.25) is 0 Å². The first-order chi connectivity index (χ1) is 9.00. The van der Waals surface area contributed by atoms with Crippen LogP contribution in [-0.4, -0.2) is 46.2 Å². The lowest BCUT2D eigenvalue weighted by Crippen LogP contribution is -2.30. The van der Waals surface area contributed by atoms with Crippen molar-refractivity contribution in [1.82, 2.24) is 15.1 Å². The molecule has 1 heterocycles. The summed E-state index contributed by atoms with van der Waals surface area (Å²) in [4.78, 5) is 25.5. The third-order valence-electron chi connectivity index (χ3n) is 2.15. The van der Waals surface area contributed by atoms with Crippen molar-refractivity contribution in [1.29, 1.82) is 0 Å². The van der Waals surface area contributed by atoms with Gasteiger partial charge in [-0.3, -0.25) is 14.5 Å². The second kappa shape index (κ2) is 6.99. The molecule has 1 rings (SSSR count). The molecule has 9 heteroatoms. The van der Waals surface area contributed by atoms with Crippen molar-refractivity contribution in [2.24, 2.45) is 12.0 Å². The van der Waals surface area contributed by atoms with Crippen LogP contribution in [0.4, 0.5) is 16.3 Å². The summed E-state index contributed by atoms with van der Waals surface area (Å²) >= 11 is 0. The highest BCUT2D eigenvalue weighted by Crippen LogP contribution is 2.14. The molecule has 0 spiro atoms. The predicted octanol–water partition coefficient (Wildman–Crippen LogP) is -0.331. The molecule has 19 heavy (non-hydrogen) atoms. The maximum atomic E-state index is 11.5. The molecule has 0 bridgehead atoms. The van der Waals surface area contributed by atoms with Crippen LogP contribution in [0.5, 0.6) is 0 Å². The zero-order valence-corrected chi connectivity index (χ0v) is 10.5. The van der Waals surface area contributed by atoms with Crippen LogP contribution in [0.1, 0.15) is 6.42 Å². The van der Waals surface area contributed by atoms with E-state index in [0.717, 1.165) is 0 Å². The van der Waals surface area contributed by atoms with E-state index in [1.807, 2.05) is 0 Å². The van der Waals surface area contributed by atoms with Crippen LogP contribution in [0.3, 0.4) is 0 Å². The second-order valence-corrected chi connectivity index (χ2v) is 3.63. The number of aliphatic carboxylic acids is 1. The van der Waals surface area contributed by atoms with Gasteiger partial charge in [0, 0.05) is 19.8 Å². The van der Waals surface area contributed by atoms with E-state index in [9.17, 15) is 9.59 Å². The standard InChI is InChI=1S/C10H16N6O3/c1-16-9(11)7(6-14-16)15-10(19)13-5-4-12-3-2-8(17)18/h3,6H,2,4-5,11H2,1H3,(H,17,18)(H2,13,15,19). The van der Waals surface area contributed by atoms with Gasteiger partial charge in [-0.25, -0.2) is 4.79 Å². The quantitative estimate of drug-likeness (QED) is 0.414. The minimum atomic E-state index is -0.943. The Morgan fingerprint density at radius 2 is 2.37 bits per heavy atom. The maximum Gasteiger partial charge on any atom is 0.319 e. The number of nitrogens with two attached hydrogens (primary N) is 1. The fourth-order valence-electron chi connectivity index (χ4n) is 1.18. The summed E-state index contributed by atoms with van der Waals surface area (Å²) in [6.07, 6.45) is 2.61. The third-order valence-corrected chi connectivity index (χ3v) is 2.15. The van der Waals surface area contributed by atoms with E-state index in [1.54, 1.807) is 7.05 Å². The Kier molecular flexibility index (Phi) is 5.33. The molecular formula is C10H16N6O3. The Labute approximate surface area is 109 Å². The first kappa shape index (κ1) is 14.5. The lowest BCUT2D eigenvalue weighted by molar-refractivity contribution is -0.135. The number of carbonyl (C=O) groups is 2. The van der Waals surface area contributed by atoms with Gasteiger partial charge in [0.05, 0.1) is 19.2 Å². The van der Waals surface area contributed by atoms with Gasteiger partial charge in [0.25, 0.3) is 0 Å². The lowest BCUT2D eigenvalue weighted by atomic mass is 10.5. The molecule has 0 saturated carbocycles. The zero-order chi connectivity index (χ0) is 14.3. The van der Waals surface area contributed by atoms with E-state index < -0.39 is 12.0 Å². The molecule has 104 valence electrons. The number of carbonyl (C=O) groups excluding carboxylic acids is 1. The van der Waals surface area contributed by atoms with Crippen molar-refractivity contribution in [2.75, 3.05) is 24.1 Å². The number of nitrogens with one attached hydrogen (secondary N) is 2. The highest BCUT2D eigenvalue weighted by atomic mass is 16.4. The minimum absolute atomic E-state index is 0.127. The number of urea groups is 1. The fourth-order valence-corrected chi connectivity index (χ4v) is 1.18. The maximum absolute atomic E-state index is 11.5. The SMILES string of the molecule is Cn1ncc(NC(=O)NCCN=CCC(=O)O)c1N. The molecule has 0 aliphatic carbocycles. The molecule has 1 aromatic rings. The number of carboxylic acids is 1. The molecule has 0 fully saturated rings. The number of anilines is 2. The molecular weight excluding hydrogens is 252 g/mol. The van der Waals surface area contributed by atoms with Gasteiger partial charge in [-0.2, -0.15) is 5.10 Å². The van der Waals surface area contributed by atoms with Gasteiger partial charge in [0.1, 0.15) is 11.5 Å². The second-order valence-electron chi connectivity index (χ2n) is 3.63. The molecule has 2 amide bonds. The molecule has 0 saturated heterocycles. The molecule has 0 aliphatic heterocycles. The van der Waals surface area contributed by atoms with E-state index in [1.165, 1.54) is 17.1 Å². The Bertz CT molecular complexity index is 482. The average Bonchev–Trinajstić information content (AvgIpc) is 2.65. The van der Waals surface area contributed by atoms with Crippen molar-refractivity contribution in [3.8, 4) is 0 Å². The van der Waals surface area contributed by atoms with Crippen LogP contribution in [0, 0.1) is 0 Å². The first-order valence-corrected chi connectivity index (χ1v) is 5.53. The van der Waals surface area contributed by atoms with Crippen LogP contribution < -0.4 is 16.4 Å². The molecule has 1 aromatic heterocycles. The molecule has 5 N–H and O–H groups in total. The van der Waals surface area contributed by atoms with Gasteiger partial charge in [0.2, 0.25) is 0 Å². The first-order valence-electron chi connectivity index (χ1n) is 5.53. The Morgan fingerprint density at radius 3 is 2.95 bits per heavy atom. The summed E-state index contributed by atoms with van der Waals surface area (Å²) in [7, 11) is 1.66. The number of nitrogens with zero attached hydrogens (tertiary/aromatic N) is 3. The van der Waals surface area contributed by atoms with E-state index in [-0.39, 0.29) is 6.42 Å². The molecule has 0 atom stereocenters. The van der Waals surface area contributed by atoms with Crippen molar-refractivity contribution in [3.05, 3.63) is 6.20 Å². The fraction of sp³-hybridized carbons (Fsp3) is 0.400. The average molecular weight is 268 g/mol. The third kappa shape index (κ3) is 5.06. The van der Waals surface area contributed by atoms with Gasteiger partial charge in [-0.1, -0.05) is 0 Å². The highest BCUT2D eigenvalue weighted by molar-refractivity contribution is 5.91.